The number of hydrogen-bond donors (Lipinski definition) is 0. The van der Waals surface area contributed by atoms with Crippen LogP contribution >= 0.6 is 22.7 Å². The lowest BCUT2D eigenvalue weighted by Crippen LogP contribution is -1.91. The summed E-state index contributed by atoms with van der Waals surface area (Å²) >= 11 is 3.82. The van der Waals surface area contributed by atoms with Gasteiger partial charge in [0.25, 0.3) is 0 Å². The molecule has 9 aromatic carbocycles. The Bertz CT molecular complexity index is 3080. The van der Waals surface area contributed by atoms with E-state index in [2.05, 4.69) is 170 Å². The number of benzene rings is 9. The van der Waals surface area contributed by atoms with E-state index in [0.29, 0.717) is 0 Å². The van der Waals surface area contributed by atoms with Crippen molar-refractivity contribution in [2.24, 2.45) is 0 Å². The first-order chi connectivity index (χ1) is 24.8. The summed E-state index contributed by atoms with van der Waals surface area (Å²) in [5, 5.41) is 13.1. The topological polar surface area (TPSA) is 0 Å². The van der Waals surface area contributed by atoms with E-state index in [1.54, 1.807) is 0 Å². The molecule has 11 rings (SSSR count). The van der Waals surface area contributed by atoms with Crippen LogP contribution in [0.1, 0.15) is 0 Å². The SMILES string of the molecule is c1ccc2c(-c3c4ccccc4c(-c4ccc(-c5ccc6sc7ccc8c9ccccc9sc8c7c6c5)cc4)c4ccccc34)cccc2c1. The smallest absolute Gasteiger partial charge is 0.0448 e. The van der Waals surface area contributed by atoms with Crippen molar-refractivity contribution < 1.29 is 0 Å². The minimum Gasteiger partial charge on any atom is -0.135 e. The molecule has 0 spiro atoms. The van der Waals surface area contributed by atoms with Crippen molar-refractivity contribution in [3.05, 3.63) is 170 Å². The molecule has 0 N–H and O–H groups in total. The van der Waals surface area contributed by atoms with Crippen molar-refractivity contribution >= 4 is 95.3 Å². The lowest BCUT2D eigenvalue weighted by atomic mass is 9.84. The molecule has 0 amide bonds. The summed E-state index contributed by atoms with van der Waals surface area (Å²) in [6.45, 7) is 0. The second kappa shape index (κ2) is 10.9. The van der Waals surface area contributed by atoms with Crippen LogP contribution in [0.15, 0.2) is 170 Å². The number of fused-ring (bicyclic) bond motifs is 10. The van der Waals surface area contributed by atoms with Gasteiger partial charge >= 0.3 is 0 Å². The first-order valence-electron chi connectivity index (χ1n) is 17.1. The standard InChI is InChI=1S/C48H28S2/c1-2-12-33-30(10-1)11-9-18-35(33)46-38-16-5-3-14-36(38)45(37-15-4-6-17-39(37)46)31-22-20-29(21-23-31)32-24-26-43-41(28-32)47-44(49-43)27-25-40-34-13-7-8-19-42(34)50-48(40)47/h1-28H. The molecular weight excluding hydrogens is 641 g/mol. The summed E-state index contributed by atoms with van der Waals surface area (Å²) in [4.78, 5) is 0. The van der Waals surface area contributed by atoms with Gasteiger partial charge in [-0.1, -0.05) is 146 Å². The highest BCUT2D eigenvalue weighted by atomic mass is 32.1. The molecular formula is C48H28S2. The summed E-state index contributed by atoms with van der Waals surface area (Å²) in [5.74, 6) is 0. The van der Waals surface area contributed by atoms with Gasteiger partial charge in [-0.15, -0.1) is 22.7 Å². The summed E-state index contributed by atoms with van der Waals surface area (Å²) < 4.78 is 5.45. The molecule has 0 saturated carbocycles. The summed E-state index contributed by atoms with van der Waals surface area (Å²) in [5.41, 5.74) is 7.60. The first kappa shape index (κ1) is 28.1. The van der Waals surface area contributed by atoms with Crippen molar-refractivity contribution in [3.8, 4) is 33.4 Å². The van der Waals surface area contributed by atoms with Crippen molar-refractivity contribution in [3.63, 3.8) is 0 Å². The Morgan fingerprint density at radius 2 is 0.860 bits per heavy atom. The summed E-state index contributed by atoms with van der Waals surface area (Å²) in [7, 11) is 0. The number of thiophene rings is 2. The molecule has 0 radical (unpaired) electrons. The van der Waals surface area contributed by atoms with Crippen molar-refractivity contribution in [1.29, 1.82) is 0 Å². The van der Waals surface area contributed by atoms with Crippen LogP contribution < -0.4 is 0 Å². The Morgan fingerprint density at radius 3 is 1.62 bits per heavy atom. The van der Waals surface area contributed by atoms with E-state index >= 15 is 0 Å². The third-order valence-corrected chi connectivity index (χ3v) is 12.8. The highest BCUT2D eigenvalue weighted by Gasteiger charge is 2.18. The molecule has 11 aromatic rings. The van der Waals surface area contributed by atoms with Crippen LogP contribution in [0, 0.1) is 0 Å². The van der Waals surface area contributed by atoms with E-state index in [1.807, 2.05) is 22.7 Å². The molecule has 2 aromatic heterocycles. The molecule has 2 heterocycles. The summed E-state index contributed by atoms with van der Waals surface area (Å²) in [6, 6.07) is 63.0. The maximum absolute atomic E-state index is 2.41. The summed E-state index contributed by atoms with van der Waals surface area (Å²) in [6.07, 6.45) is 0. The Balaban J connectivity index is 1.09. The van der Waals surface area contributed by atoms with Gasteiger partial charge in [-0.3, -0.25) is 0 Å². The van der Waals surface area contributed by atoms with Crippen molar-refractivity contribution in [2.45, 2.75) is 0 Å². The zero-order chi connectivity index (χ0) is 32.8. The van der Waals surface area contributed by atoms with Gasteiger partial charge in [-0.05, 0) is 90.0 Å². The highest BCUT2D eigenvalue weighted by molar-refractivity contribution is 7.29. The van der Waals surface area contributed by atoms with E-state index in [0.717, 1.165) is 0 Å². The number of hydrogen-bond acceptors (Lipinski definition) is 2. The van der Waals surface area contributed by atoms with Crippen molar-refractivity contribution in [1.82, 2.24) is 0 Å². The fourth-order valence-electron chi connectivity index (χ4n) is 8.23. The zero-order valence-electron chi connectivity index (χ0n) is 27.0. The van der Waals surface area contributed by atoms with E-state index in [-0.39, 0.29) is 0 Å². The van der Waals surface area contributed by atoms with Crippen molar-refractivity contribution in [2.75, 3.05) is 0 Å². The molecule has 0 aliphatic heterocycles. The monoisotopic (exact) mass is 668 g/mol. The second-order valence-electron chi connectivity index (χ2n) is 13.2. The van der Waals surface area contributed by atoms with Gasteiger partial charge in [0.05, 0.1) is 0 Å². The Kier molecular flexibility index (Phi) is 6.09. The van der Waals surface area contributed by atoms with Crippen LogP contribution in [0.25, 0.3) is 106 Å². The average Bonchev–Trinajstić information content (AvgIpc) is 3.75. The molecule has 232 valence electrons. The fraction of sp³-hybridized carbons (Fsp3) is 0. The molecule has 0 fully saturated rings. The molecule has 0 unspecified atom stereocenters. The van der Waals surface area contributed by atoms with Gasteiger partial charge in [0, 0.05) is 40.3 Å². The minimum absolute atomic E-state index is 1.24. The van der Waals surface area contributed by atoms with Crippen LogP contribution in [-0.4, -0.2) is 0 Å². The number of rotatable bonds is 3. The van der Waals surface area contributed by atoms with E-state index < -0.39 is 0 Å². The minimum atomic E-state index is 1.24. The predicted molar refractivity (Wildman–Crippen MR) is 221 cm³/mol. The first-order valence-corrected chi connectivity index (χ1v) is 18.7. The van der Waals surface area contributed by atoms with Gasteiger partial charge in [0.15, 0.2) is 0 Å². The molecule has 50 heavy (non-hydrogen) atoms. The maximum Gasteiger partial charge on any atom is 0.0448 e. The van der Waals surface area contributed by atoms with Crippen LogP contribution in [0.5, 0.6) is 0 Å². The third kappa shape index (κ3) is 4.10. The fourth-order valence-corrected chi connectivity index (χ4v) is 10.6. The van der Waals surface area contributed by atoms with Gasteiger partial charge in [0.1, 0.15) is 0 Å². The van der Waals surface area contributed by atoms with Crippen LogP contribution in [-0.2, 0) is 0 Å². The zero-order valence-corrected chi connectivity index (χ0v) is 28.6. The third-order valence-electron chi connectivity index (χ3n) is 10.5. The van der Waals surface area contributed by atoms with E-state index in [1.165, 1.54) is 106 Å². The molecule has 0 nitrogen and oxygen atoms in total. The van der Waals surface area contributed by atoms with Gasteiger partial charge in [0.2, 0.25) is 0 Å². The predicted octanol–water partition coefficient (Wildman–Crippen LogP) is 14.9. The molecule has 0 saturated heterocycles. The Morgan fingerprint density at radius 1 is 0.300 bits per heavy atom. The quantitative estimate of drug-likeness (QED) is 0.164. The molecule has 2 heteroatoms. The normalized spacial score (nSPS) is 12.0. The second-order valence-corrected chi connectivity index (χ2v) is 15.3. The molecule has 0 atom stereocenters. The van der Waals surface area contributed by atoms with Crippen LogP contribution in [0.3, 0.4) is 0 Å². The Hall–Kier alpha value is -5.80. The van der Waals surface area contributed by atoms with E-state index in [9.17, 15) is 0 Å². The average molecular weight is 669 g/mol. The van der Waals surface area contributed by atoms with Crippen LogP contribution in [0.4, 0.5) is 0 Å². The molecule has 0 bridgehead atoms. The lowest BCUT2D eigenvalue weighted by molar-refractivity contribution is 1.64. The largest absolute Gasteiger partial charge is 0.135 e. The highest BCUT2D eigenvalue weighted by Crippen LogP contribution is 2.47. The van der Waals surface area contributed by atoms with Gasteiger partial charge in [-0.25, -0.2) is 0 Å². The maximum atomic E-state index is 2.41. The molecule has 0 aliphatic carbocycles. The molecule has 0 aliphatic rings. The van der Waals surface area contributed by atoms with E-state index in [4.69, 9.17) is 0 Å². The lowest BCUT2D eigenvalue weighted by Gasteiger charge is -2.19. The van der Waals surface area contributed by atoms with Gasteiger partial charge in [-0.2, -0.15) is 0 Å². The van der Waals surface area contributed by atoms with Crippen LogP contribution in [0.2, 0.25) is 0 Å². The Labute approximate surface area is 297 Å². The van der Waals surface area contributed by atoms with Gasteiger partial charge < -0.3 is 0 Å².